The fourth-order valence-corrected chi connectivity index (χ4v) is 6.21. The fourth-order valence-electron chi connectivity index (χ4n) is 6.21. The molecule has 2 aliphatic heterocycles. The minimum Gasteiger partial charge on any atom is -0.493 e. The summed E-state index contributed by atoms with van der Waals surface area (Å²) in [5.74, 6) is 1.45. The van der Waals surface area contributed by atoms with Crippen molar-refractivity contribution in [3.63, 3.8) is 0 Å². The summed E-state index contributed by atoms with van der Waals surface area (Å²) in [5, 5.41) is 0. The monoisotopic (exact) mass is 696 g/mol. The van der Waals surface area contributed by atoms with E-state index in [1.54, 1.807) is 9.80 Å². The van der Waals surface area contributed by atoms with E-state index in [0.29, 0.717) is 49.6 Å². The van der Waals surface area contributed by atoms with E-state index in [9.17, 15) is 9.59 Å². The first-order chi connectivity index (χ1) is 25.5. The van der Waals surface area contributed by atoms with Gasteiger partial charge in [-0.2, -0.15) is 0 Å². The first-order valence-electron chi connectivity index (χ1n) is 18.1. The predicted octanol–water partition coefficient (Wildman–Crippen LogP) is 8.69. The molecule has 0 saturated carbocycles. The Balaban J connectivity index is 0.986. The van der Waals surface area contributed by atoms with E-state index in [0.717, 1.165) is 71.2 Å². The molecule has 0 aliphatic carbocycles. The summed E-state index contributed by atoms with van der Waals surface area (Å²) in [5.41, 5.74) is 6.77. The van der Waals surface area contributed by atoms with Gasteiger partial charge in [0.1, 0.15) is 11.5 Å². The molecule has 2 atom stereocenters. The lowest BCUT2D eigenvalue weighted by molar-refractivity contribution is 0.0981. The van der Waals surface area contributed by atoms with Crippen LogP contribution in [0.4, 0.5) is 11.4 Å². The molecule has 2 saturated heterocycles. The van der Waals surface area contributed by atoms with Gasteiger partial charge in [-0.05, 0) is 103 Å². The third-order valence-electron chi connectivity index (χ3n) is 9.44. The number of hydrogen-bond acceptors (Lipinski definition) is 6. The lowest BCUT2D eigenvalue weighted by atomic mass is 10.0. The highest BCUT2D eigenvalue weighted by molar-refractivity contribution is 6.08. The Morgan fingerprint density at radius 3 is 1.23 bits per heavy atom. The molecule has 5 aromatic carbocycles. The zero-order valence-corrected chi connectivity index (χ0v) is 29.7. The Bertz CT molecular complexity index is 1810. The van der Waals surface area contributed by atoms with Crippen LogP contribution in [0.3, 0.4) is 0 Å². The number of epoxide rings is 2. The zero-order valence-electron chi connectivity index (χ0n) is 29.7. The Labute approximate surface area is 305 Å². The molecule has 7 rings (SSSR count). The molecule has 0 spiro atoms. The van der Waals surface area contributed by atoms with Gasteiger partial charge in [0.2, 0.25) is 0 Å². The lowest BCUT2D eigenvalue weighted by Crippen LogP contribution is -2.32. The number of amides is 2. The van der Waals surface area contributed by atoms with Gasteiger partial charge in [-0.1, -0.05) is 54.6 Å². The summed E-state index contributed by atoms with van der Waals surface area (Å²) in [7, 11) is 0. The maximum atomic E-state index is 13.8. The predicted molar refractivity (Wildman–Crippen MR) is 205 cm³/mol. The van der Waals surface area contributed by atoms with Gasteiger partial charge < -0.3 is 28.7 Å². The second-order valence-corrected chi connectivity index (χ2v) is 13.0. The van der Waals surface area contributed by atoms with Gasteiger partial charge in [-0.15, -0.1) is 0 Å². The smallest absolute Gasteiger partial charge is 0.258 e. The number of nitrogens with zero attached hydrogens (tertiary/aromatic N) is 2. The van der Waals surface area contributed by atoms with Crippen molar-refractivity contribution in [2.45, 2.75) is 38.9 Å². The van der Waals surface area contributed by atoms with Crippen LogP contribution in [0.2, 0.25) is 0 Å². The van der Waals surface area contributed by atoms with Crippen molar-refractivity contribution in [1.29, 1.82) is 0 Å². The number of anilines is 2. The Morgan fingerprint density at radius 1 is 0.558 bits per heavy atom. The van der Waals surface area contributed by atoms with Crippen molar-refractivity contribution in [3.05, 3.63) is 132 Å². The van der Waals surface area contributed by atoms with Crippen LogP contribution in [0, 0.1) is 0 Å². The van der Waals surface area contributed by atoms with Crippen LogP contribution in [0.15, 0.2) is 121 Å². The first-order valence-corrected chi connectivity index (χ1v) is 18.1. The molecule has 8 nitrogen and oxygen atoms in total. The Hall–Kier alpha value is -5.44. The van der Waals surface area contributed by atoms with E-state index < -0.39 is 0 Å². The van der Waals surface area contributed by atoms with Crippen LogP contribution in [0.5, 0.6) is 11.5 Å². The minimum absolute atomic E-state index is 0.105. The molecule has 5 aromatic rings. The fraction of sp³-hybridized carbons (Fsp3) is 0.273. The maximum Gasteiger partial charge on any atom is 0.258 e. The average Bonchev–Trinajstić information content (AvgIpc) is 4.14. The Morgan fingerprint density at radius 2 is 0.904 bits per heavy atom. The summed E-state index contributed by atoms with van der Waals surface area (Å²) >= 11 is 0. The third kappa shape index (κ3) is 8.70. The molecular formula is C44H44N2O6. The van der Waals surface area contributed by atoms with Gasteiger partial charge in [-0.3, -0.25) is 9.59 Å². The quantitative estimate of drug-likeness (QED) is 0.0961. The van der Waals surface area contributed by atoms with Crippen LogP contribution in [-0.4, -0.2) is 63.5 Å². The average molecular weight is 697 g/mol. The SMILES string of the molecule is CCN(C(=O)c1ccc(-c2ccc(OCCC3CO3)cc2)cc1)c1cccc(N(CC)C(=O)c2ccc(-c3ccc(OCCC4CO4)cc3)cc2)c1. The molecule has 52 heavy (non-hydrogen) atoms. The summed E-state index contributed by atoms with van der Waals surface area (Å²) in [6.45, 7) is 7.81. The van der Waals surface area contributed by atoms with Gasteiger partial charge in [0, 0.05) is 48.4 Å². The molecule has 0 radical (unpaired) electrons. The number of hydrogen-bond donors (Lipinski definition) is 0. The van der Waals surface area contributed by atoms with Crippen LogP contribution in [0.1, 0.15) is 47.4 Å². The maximum absolute atomic E-state index is 13.8. The zero-order chi connectivity index (χ0) is 35.9. The number of ether oxygens (including phenoxy) is 4. The van der Waals surface area contributed by atoms with E-state index in [1.807, 2.05) is 135 Å². The molecule has 2 fully saturated rings. The number of carbonyl (C=O) groups is 2. The molecule has 8 heteroatoms. The van der Waals surface area contributed by atoms with E-state index in [4.69, 9.17) is 18.9 Å². The molecule has 2 amide bonds. The molecule has 0 aromatic heterocycles. The van der Waals surface area contributed by atoms with Crippen LogP contribution < -0.4 is 19.3 Å². The van der Waals surface area contributed by atoms with Crippen molar-refractivity contribution < 1.29 is 28.5 Å². The molecule has 2 aliphatic rings. The highest BCUT2D eigenvalue weighted by Gasteiger charge is 2.23. The first kappa shape index (κ1) is 35.0. The largest absolute Gasteiger partial charge is 0.493 e. The summed E-state index contributed by atoms with van der Waals surface area (Å²) in [4.78, 5) is 31.0. The summed E-state index contributed by atoms with van der Waals surface area (Å²) in [6, 6.07) is 38.9. The van der Waals surface area contributed by atoms with Gasteiger partial charge in [-0.25, -0.2) is 0 Å². The molecule has 0 bridgehead atoms. The standard InChI is InChI=1S/C44H44N2O6/c1-3-45(43(47)35-12-8-31(9-13-35)33-16-20-39(21-17-33)49-26-24-41-29-51-41)37-6-5-7-38(28-37)46(4-2)44(48)36-14-10-32(11-15-36)34-18-22-40(23-19-34)50-27-25-42-30-52-42/h5-23,28,41-42H,3-4,24-27,29-30H2,1-2H3. The number of rotatable bonds is 16. The van der Waals surface area contributed by atoms with Crippen LogP contribution >= 0.6 is 0 Å². The number of benzene rings is 5. The topological polar surface area (TPSA) is 84.1 Å². The highest BCUT2D eigenvalue weighted by atomic mass is 16.6. The van der Waals surface area contributed by atoms with Crippen LogP contribution in [0.25, 0.3) is 22.3 Å². The Kier molecular flexibility index (Phi) is 10.9. The van der Waals surface area contributed by atoms with Gasteiger partial charge in [0.25, 0.3) is 11.8 Å². The van der Waals surface area contributed by atoms with Crippen molar-refractivity contribution in [1.82, 2.24) is 0 Å². The van der Waals surface area contributed by atoms with Gasteiger partial charge in [0.05, 0.1) is 38.6 Å². The molecule has 2 heterocycles. The third-order valence-corrected chi connectivity index (χ3v) is 9.44. The summed E-state index contributed by atoms with van der Waals surface area (Å²) in [6.07, 6.45) is 2.52. The molecule has 0 N–H and O–H groups in total. The molecule has 2 unspecified atom stereocenters. The van der Waals surface area contributed by atoms with Crippen molar-refractivity contribution >= 4 is 23.2 Å². The molecule has 266 valence electrons. The van der Waals surface area contributed by atoms with Crippen LogP contribution in [-0.2, 0) is 9.47 Å². The number of carbonyl (C=O) groups excluding carboxylic acids is 2. The normalized spacial score (nSPS) is 15.8. The van der Waals surface area contributed by atoms with E-state index in [1.165, 1.54) is 0 Å². The molecular weight excluding hydrogens is 652 g/mol. The van der Waals surface area contributed by atoms with E-state index in [-0.39, 0.29) is 11.8 Å². The van der Waals surface area contributed by atoms with Crippen molar-refractivity contribution in [3.8, 4) is 33.8 Å². The van der Waals surface area contributed by atoms with Crippen molar-refractivity contribution in [2.75, 3.05) is 49.3 Å². The second kappa shape index (κ2) is 16.3. The van der Waals surface area contributed by atoms with Crippen molar-refractivity contribution in [2.24, 2.45) is 0 Å². The van der Waals surface area contributed by atoms with E-state index >= 15 is 0 Å². The van der Waals surface area contributed by atoms with E-state index in [2.05, 4.69) is 0 Å². The lowest BCUT2D eigenvalue weighted by Gasteiger charge is -2.25. The van der Waals surface area contributed by atoms with Gasteiger partial charge in [0.15, 0.2) is 0 Å². The second-order valence-electron chi connectivity index (χ2n) is 13.0. The minimum atomic E-state index is -0.105. The highest BCUT2D eigenvalue weighted by Crippen LogP contribution is 2.29. The summed E-state index contributed by atoms with van der Waals surface area (Å²) < 4.78 is 22.1. The van der Waals surface area contributed by atoms with Gasteiger partial charge >= 0.3 is 0 Å².